The van der Waals surface area contributed by atoms with Crippen LogP contribution < -0.4 is 5.32 Å². The molecule has 3 aromatic carbocycles. The van der Waals surface area contributed by atoms with Gasteiger partial charge in [-0.15, -0.1) is 0 Å². The van der Waals surface area contributed by atoms with E-state index in [2.05, 4.69) is 23.5 Å². The number of non-ortho nitro benzene ring substituents is 1. The van der Waals surface area contributed by atoms with Gasteiger partial charge in [0.15, 0.2) is 5.78 Å². The van der Waals surface area contributed by atoms with E-state index in [1.807, 2.05) is 24.3 Å². The van der Waals surface area contributed by atoms with E-state index < -0.39 is 4.92 Å². The lowest BCUT2D eigenvalue weighted by molar-refractivity contribution is -0.384. The van der Waals surface area contributed by atoms with Crippen molar-refractivity contribution >= 4 is 33.5 Å². The number of ketones is 1. The summed E-state index contributed by atoms with van der Waals surface area (Å²) >= 11 is 0. The Morgan fingerprint density at radius 3 is 2.71 bits per heavy atom. The normalized spacial score (nSPS) is 18.4. The van der Waals surface area contributed by atoms with Crippen LogP contribution in [0.25, 0.3) is 16.3 Å². The summed E-state index contributed by atoms with van der Waals surface area (Å²) in [7, 11) is 0. The molecular weight excluding hydrogens is 352 g/mol. The van der Waals surface area contributed by atoms with Gasteiger partial charge in [0.1, 0.15) is 0 Å². The fraction of sp³-hybridized carbons (Fsp3) is 0.174. The van der Waals surface area contributed by atoms with Crippen molar-refractivity contribution in [3.63, 3.8) is 0 Å². The highest BCUT2D eigenvalue weighted by Crippen LogP contribution is 2.48. The maximum Gasteiger partial charge on any atom is 0.269 e. The molecule has 5 heteroatoms. The van der Waals surface area contributed by atoms with Gasteiger partial charge in [0.25, 0.3) is 5.69 Å². The van der Waals surface area contributed by atoms with Crippen molar-refractivity contribution in [1.82, 2.24) is 0 Å². The van der Waals surface area contributed by atoms with Crippen LogP contribution in [-0.2, 0) is 4.79 Å². The Morgan fingerprint density at radius 2 is 1.86 bits per heavy atom. The zero-order valence-corrected chi connectivity index (χ0v) is 15.1. The summed E-state index contributed by atoms with van der Waals surface area (Å²) in [5, 5.41) is 17.0. The van der Waals surface area contributed by atoms with Gasteiger partial charge in [-0.05, 0) is 40.8 Å². The molecule has 1 atom stereocenters. The molecule has 1 aliphatic carbocycles. The fourth-order valence-electron chi connectivity index (χ4n) is 4.47. The Bertz CT molecular complexity index is 1180. The Hall–Kier alpha value is -3.47. The van der Waals surface area contributed by atoms with Crippen LogP contribution in [0.3, 0.4) is 0 Å². The van der Waals surface area contributed by atoms with E-state index in [0.717, 1.165) is 51.6 Å². The van der Waals surface area contributed by atoms with Crippen LogP contribution in [0.4, 0.5) is 11.4 Å². The third-order valence-electron chi connectivity index (χ3n) is 5.69. The van der Waals surface area contributed by atoms with Gasteiger partial charge in [0, 0.05) is 35.4 Å². The van der Waals surface area contributed by atoms with Crippen LogP contribution in [-0.4, -0.2) is 10.7 Å². The SMILES string of the molecule is O=C1CCCC2=C1[C@@H](c1cccc([N+](=O)[O-])c1)Nc1ccc3ccccc3c12. The summed E-state index contributed by atoms with van der Waals surface area (Å²) in [6, 6.07) is 18.5. The second-order valence-electron chi connectivity index (χ2n) is 7.31. The molecule has 0 saturated heterocycles. The number of nitrogens with one attached hydrogen (secondary N) is 1. The predicted octanol–water partition coefficient (Wildman–Crippen LogP) is 5.42. The summed E-state index contributed by atoms with van der Waals surface area (Å²) in [6.45, 7) is 0. The van der Waals surface area contributed by atoms with E-state index in [1.165, 1.54) is 6.07 Å². The molecular formula is C23H18N2O3. The molecule has 0 bridgehead atoms. The Labute approximate surface area is 161 Å². The molecule has 0 radical (unpaired) electrons. The topological polar surface area (TPSA) is 72.2 Å². The molecule has 1 N–H and O–H groups in total. The van der Waals surface area contributed by atoms with Gasteiger partial charge in [-0.3, -0.25) is 14.9 Å². The Morgan fingerprint density at radius 1 is 1.00 bits per heavy atom. The zero-order valence-electron chi connectivity index (χ0n) is 15.1. The third kappa shape index (κ3) is 2.51. The molecule has 0 fully saturated rings. The summed E-state index contributed by atoms with van der Waals surface area (Å²) in [5.74, 6) is 0.129. The Balaban J connectivity index is 1.76. The number of fused-ring (bicyclic) bond motifs is 4. The van der Waals surface area contributed by atoms with Crippen LogP contribution >= 0.6 is 0 Å². The van der Waals surface area contributed by atoms with Gasteiger partial charge in [-0.2, -0.15) is 0 Å². The number of nitro groups is 1. The lowest BCUT2D eigenvalue weighted by atomic mass is 9.77. The van der Waals surface area contributed by atoms with Crippen LogP contribution in [0.2, 0.25) is 0 Å². The molecule has 1 aliphatic heterocycles. The molecule has 0 unspecified atom stereocenters. The minimum atomic E-state index is -0.397. The van der Waals surface area contributed by atoms with E-state index in [4.69, 9.17) is 0 Å². The van der Waals surface area contributed by atoms with Crippen molar-refractivity contribution in [2.75, 3.05) is 5.32 Å². The van der Waals surface area contributed by atoms with Crippen LogP contribution in [0, 0.1) is 10.1 Å². The standard InChI is InChI=1S/C23H18N2O3/c26-20-10-4-9-18-21-17-8-2-1-5-14(17)11-12-19(21)24-23(22(18)20)15-6-3-7-16(13-15)25(27)28/h1-3,5-8,11-13,23-24H,4,9-10H2/t23-/m1/s1. The van der Waals surface area contributed by atoms with Crippen molar-refractivity contribution in [2.24, 2.45) is 0 Å². The van der Waals surface area contributed by atoms with E-state index in [1.54, 1.807) is 12.1 Å². The number of nitro benzene ring substituents is 1. The first-order valence-corrected chi connectivity index (χ1v) is 9.43. The molecule has 1 heterocycles. The number of carbonyl (C=O) groups excluding carboxylic acids is 1. The van der Waals surface area contributed by atoms with Crippen molar-refractivity contribution < 1.29 is 9.72 Å². The van der Waals surface area contributed by atoms with Crippen molar-refractivity contribution in [3.05, 3.63) is 87.5 Å². The van der Waals surface area contributed by atoms with Crippen LogP contribution in [0.5, 0.6) is 0 Å². The van der Waals surface area contributed by atoms with Crippen molar-refractivity contribution in [1.29, 1.82) is 0 Å². The van der Waals surface area contributed by atoms with Gasteiger partial charge in [-0.25, -0.2) is 0 Å². The van der Waals surface area contributed by atoms with Gasteiger partial charge in [0.05, 0.1) is 11.0 Å². The van der Waals surface area contributed by atoms with Crippen LogP contribution in [0.15, 0.2) is 66.2 Å². The number of benzene rings is 3. The number of allylic oxidation sites excluding steroid dienone is 1. The quantitative estimate of drug-likeness (QED) is 0.483. The molecule has 138 valence electrons. The predicted molar refractivity (Wildman–Crippen MR) is 109 cm³/mol. The summed E-state index contributed by atoms with van der Waals surface area (Å²) < 4.78 is 0. The average molecular weight is 370 g/mol. The number of hydrogen-bond acceptors (Lipinski definition) is 4. The molecule has 28 heavy (non-hydrogen) atoms. The van der Waals surface area contributed by atoms with Gasteiger partial charge in [0.2, 0.25) is 0 Å². The van der Waals surface area contributed by atoms with Crippen molar-refractivity contribution in [2.45, 2.75) is 25.3 Å². The molecule has 0 spiro atoms. The first-order valence-electron chi connectivity index (χ1n) is 9.43. The lowest BCUT2D eigenvalue weighted by Crippen LogP contribution is -2.27. The zero-order chi connectivity index (χ0) is 19.3. The van der Waals surface area contributed by atoms with Crippen molar-refractivity contribution in [3.8, 4) is 0 Å². The number of anilines is 1. The van der Waals surface area contributed by atoms with E-state index in [9.17, 15) is 14.9 Å². The average Bonchev–Trinajstić information content (AvgIpc) is 2.73. The summed E-state index contributed by atoms with van der Waals surface area (Å²) in [4.78, 5) is 23.8. The first kappa shape index (κ1) is 16.7. The number of hydrogen-bond donors (Lipinski definition) is 1. The number of carbonyl (C=O) groups is 1. The molecule has 0 aromatic heterocycles. The monoisotopic (exact) mass is 370 g/mol. The highest BCUT2D eigenvalue weighted by atomic mass is 16.6. The van der Waals surface area contributed by atoms with Gasteiger partial charge in [-0.1, -0.05) is 42.5 Å². The first-order chi connectivity index (χ1) is 13.6. The molecule has 5 rings (SSSR count). The minimum Gasteiger partial charge on any atom is -0.373 e. The fourth-order valence-corrected chi connectivity index (χ4v) is 4.47. The van der Waals surface area contributed by atoms with E-state index in [0.29, 0.717) is 6.42 Å². The highest BCUT2D eigenvalue weighted by Gasteiger charge is 2.35. The van der Waals surface area contributed by atoms with Gasteiger partial charge >= 0.3 is 0 Å². The molecule has 0 amide bonds. The largest absolute Gasteiger partial charge is 0.373 e. The summed E-state index contributed by atoms with van der Waals surface area (Å²) in [5.41, 5.74) is 4.70. The van der Waals surface area contributed by atoms with Crippen LogP contribution in [0.1, 0.15) is 36.4 Å². The molecule has 2 aliphatic rings. The second kappa shape index (κ2) is 6.30. The molecule has 0 saturated carbocycles. The number of nitrogens with zero attached hydrogens (tertiary/aromatic N) is 1. The third-order valence-corrected chi connectivity index (χ3v) is 5.69. The number of Topliss-reactive ketones (excluding diaryl/α,β-unsaturated/α-hetero) is 1. The minimum absolute atomic E-state index is 0.0361. The molecule has 5 nitrogen and oxygen atoms in total. The lowest BCUT2D eigenvalue weighted by Gasteiger charge is -2.35. The molecule has 3 aromatic rings. The number of rotatable bonds is 2. The highest BCUT2D eigenvalue weighted by molar-refractivity contribution is 6.12. The summed E-state index contributed by atoms with van der Waals surface area (Å²) in [6.07, 6.45) is 2.20. The van der Waals surface area contributed by atoms with E-state index in [-0.39, 0.29) is 17.5 Å². The second-order valence-corrected chi connectivity index (χ2v) is 7.31. The van der Waals surface area contributed by atoms with Gasteiger partial charge < -0.3 is 5.32 Å². The smallest absolute Gasteiger partial charge is 0.269 e. The maximum atomic E-state index is 12.9. The Kier molecular flexibility index (Phi) is 3.76. The van der Waals surface area contributed by atoms with E-state index >= 15 is 0 Å². The maximum absolute atomic E-state index is 12.9.